The first-order valence-corrected chi connectivity index (χ1v) is 12.5. The molecule has 0 bridgehead atoms. The minimum Gasteiger partial charge on any atom is -0.355 e. The van der Waals surface area contributed by atoms with Crippen LogP contribution in [0.5, 0.6) is 0 Å². The van der Waals surface area contributed by atoms with E-state index in [1.807, 2.05) is 83.7 Å². The van der Waals surface area contributed by atoms with Gasteiger partial charge in [0.2, 0.25) is 0 Å². The minimum atomic E-state index is -0.0958. The summed E-state index contributed by atoms with van der Waals surface area (Å²) in [4.78, 5) is 23.1. The fourth-order valence-corrected chi connectivity index (χ4v) is 4.92. The molecule has 3 heterocycles. The number of hydrogen-bond acceptors (Lipinski definition) is 5. The number of rotatable bonds is 8. The predicted octanol–water partition coefficient (Wildman–Crippen LogP) is 5.75. The van der Waals surface area contributed by atoms with Gasteiger partial charge in [-0.05, 0) is 66.7 Å². The van der Waals surface area contributed by atoms with Crippen molar-refractivity contribution in [3.05, 3.63) is 114 Å². The normalized spacial score (nSPS) is 11.2. The monoisotopic (exact) mass is 491 g/mol. The van der Waals surface area contributed by atoms with Crippen LogP contribution in [0.25, 0.3) is 23.1 Å². The Balaban J connectivity index is 1.50. The second-order valence-corrected chi connectivity index (χ2v) is 9.24. The third-order valence-electron chi connectivity index (χ3n) is 5.74. The third kappa shape index (κ3) is 5.37. The lowest BCUT2D eigenvalue weighted by Gasteiger charge is -2.09. The molecular formula is C29H25N5OS. The number of fused-ring (bicyclic) bond motifs is 1. The molecule has 5 rings (SSSR count). The molecule has 1 amide bonds. The molecule has 1 N–H and O–H groups in total. The van der Waals surface area contributed by atoms with Crippen molar-refractivity contribution in [1.29, 1.82) is 0 Å². The minimum absolute atomic E-state index is 0.0958. The van der Waals surface area contributed by atoms with Gasteiger partial charge in [-0.1, -0.05) is 36.0 Å². The molecule has 6 nitrogen and oxygen atoms in total. The summed E-state index contributed by atoms with van der Waals surface area (Å²) in [6.07, 6.45) is 8.36. The van der Waals surface area contributed by atoms with Crippen LogP contribution in [-0.4, -0.2) is 32.7 Å². The largest absolute Gasteiger partial charge is 0.355 e. The van der Waals surface area contributed by atoms with Crippen LogP contribution in [0.3, 0.4) is 0 Å². The van der Waals surface area contributed by atoms with Crippen LogP contribution in [0.1, 0.15) is 27.4 Å². The number of carbonyl (C=O) groups is 1. The van der Waals surface area contributed by atoms with Crippen molar-refractivity contribution in [1.82, 2.24) is 25.1 Å². The molecule has 0 saturated heterocycles. The average molecular weight is 492 g/mol. The molecule has 0 aliphatic heterocycles. The number of aromatic nitrogens is 4. The van der Waals surface area contributed by atoms with E-state index < -0.39 is 0 Å². The summed E-state index contributed by atoms with van der Waals surface area (Å²) in [5, 5.41) is 8.71. The van der Waals surface area contributed by atoms with E-state index in [1.165, 1.54) is 0 Å². The van der Waals surface area contributed by atoms with Gasteiger partial charge in [-0.2, -0.15) is 5.10 Å². The maximum atomic E-state index is 12.3. The Kier molecular flexibility index (Phi) is 7.19. The molecule has 7 heteroatoms. The Morgan fingerprint density at radius 1 is 0.944 bits per heavy atom. The van der Waals surface area contributed by atoms with E-state index in [1.54, 1.807) is 25.0 Å². The Bertz CT molecular complexity index is 1510. The number of pyridine rings is 2. The second kappa shape index (κ2) is 11.0. The Morgan fingerprint density at radius 2 is 1.75 bits per heavy atom. The Hall–Kier alpha value is -4.23. The van der Waals surface area contributed by atoms with Gasteiger partial charge < -0.3 is 5.32 Å². The summed E-state index contributed by atoms with van der Waals surface area (Å²) >= 11 is 1.57. The van der Waals surface area contributed by atoms with Crippen molar-refractivity contribution in [3.63, 3.8) is 0 Å². The highest BCUT2D eigenvalue weighted by Crippen LogP contribution is 2.33. The maximum absolute atomic E-state index is 12.3. The van der Waals surface area contributed by atoms with Gasteiger partial charge in [0.25, 0.3) is 5.91 Å². The maximum Gasteiger partial charge on any atom is 0.252 e. The molecule has 178 valence electrons. The molecular weight excluding hydrogens is 466 g/mol. The molecule has 0 saturated carbocycles. The fraction of sp³-hybridized carbons (Fsp3) is 0.103. The van der Waals surface area contributed by atoms with Gasteiger partial charge in [0.05, 0.1) is 22.5 Å². The van der Waals surface area contributed by atoms with Gasteiger partial charge in [-0.25, -0.2) is 0 Å². The lowest BCUT2D eigenvalue weighted by Crippen LogP contribution is -2.18. The average Bonchev–Trinajstić information content (AvgIpc) is 3.28. The lowest BCUT2D eigenvalue weighted by atomic mass is 10.2. The van der Waals surface area contributed by atoms with Crippen molar-refractivity contribution in [2.75, 3.05) is 7.05 Å². The Morgan fingerprint density at radius 3 is 2.53 bits per heavy atom. The van der Waals surface area contributed by atoms with Crippen LogP contribution in [0.2, 0.25) is 0 Å². The van der Waals surface area contributed by atoms with Gasteiger partial charge in [0.1, 0.15) is 0 Å². The highest BCUT2D eigenvalue weighted by Gasteiger charge is 2.14. The summed E-state index contributed by atoms with van der Waals surface area (Å²) in [6.45, 7) is 0.702. The van der Waals surface area contributed by atoms with Gasteiger partial charge >= 0.3 is 0 Å². The molecule has 0 aliphatic rings. The Labute approximate surface area is 214 Å². The molecule has 0 unspecified atom stereocenters. The standard InChI is InChI=1S/C29H25N5OS/c1-30-29(35)25-10-2-3-11-28(25)36-23-13-14-24-26(15-12-21-8-4-6-17-31-21)33-34(27(24)20-23)19-16-22-9-5-7-18-32-22/h2-15,17-18,20H,16,19H2,1H3,(H,30,35)/b15-12+. The van der Waals surface area contributed by atoms with E-state index in [0.717, 1.165) is 44.2 Å². The van der Waals surface area contributed by atoms with E-state index in [9.17, 15) is 4.79 Å². The van der Waals surface area contributed by atoms with Crippen molar-refractivity contribution in [2.45, 2.75) is 22.8 Å². The van der Waals surface area contributed by atoms with Crippen molar-refractivity contribution in [2.24, 2.45) is 0 Å². The van der Waals surface area contributed by atoms with Gasteiger partial charge in [-0.3, -0.25) is 19.4 Å². The van der Waals surface area contributed by atoms with E-state index in [-0.39, 0.29) is 5.91 Å². The van der Waals surface area contributed by atoms with Gasteiger partial charge in [0.15, 0.2) is 0 Å². The first-order valence-electron chi connectivity index (χ1n) is 11.7. The third-order valence-corrected chi connectivity index (χ3v) is 6.81. The number of hydrogen-bond donors (Lipinski definition) is 1. The molecule has 0 atom stereocenters. The number of benzene rings is 2. The number of amides is 1. The zero-order chi connectivity index (χ0) is 24.7. The topological polar surface area (TPSA) is 72.7 Å². The van der Waals surface area contributed by atoms with Crippen molar-refractivity contribution in [3.8, 4) is 0 Å². The molecule has 5 aromatic rings. The first kappa shape index (κ1) is 23.5. The second-order valence-electron chi connectivity index (χ2n) is 8.12. The van der Waals surface area contributed by atoms with Crippen molar-refractivity contribution >= 4 is 40.7 Å². The summed E-state index contributed by atoms with van der Waals surface area (Å²) in [5.74, 6) is -0.0958. The van der Waals surface area contributed by atoms with Crippen LogP contribution in [-0.2, 0) is 13.0 Å². The highest BCUT2D eigenvalue weighted by atomic mass is 32.2. The smallest absolute Gasteiger partial charge is 0.252 e. The molecule has 36 heavy (non-hydrogen) atoms. The number of nitrogens with one attached hydrogen (secondary N) is 1. The SMILES string of the molecule is CNC(=O)c1ccccc1Sc1ccc2c(/C=C/c3ccccn3)nn(CCc3ccccn3)c2c1. The fourth-order valence-electron chi connectivity index (χ4n) is 3.95. The lowest BCUT2D eigenvalue weighted by molar-refractivity contribution is 0.0960. The molecule has 0 spiro atoms. The number of nitrogens with zero attached hydrogens (tertiary/aromatic N) is 4. The number of aryl methyl sites for hydroxylation is 2. The van der Waals surface area contributed by atoms with E-state index in [2.05, 4.69) is 33.5 Å². The van der Waals surface area contributed by atoms with Crippen LogP contribution in [0, 0.1) is 0 Å². The van der Waals surface area contributed by atoms with Crippen LogP contribution >= 0.6 is 11.8 Å². The van der Waals surface area contributed by atoms with Gasteiger partial charge in [-0.15, -0.1) is 0 Å². The molecule has 0 aliphatic carbocycles. The molecule has 2 aromatic carbocycles. The number of carbonyl (C=O) groups excluding carboxylic acids is 1. The van der Waals surface area contributed by atoms with Crippen LogP contribution < -0.4 is 5.32 Å². The molecule has 0 radical (unpaired) electrons. The summed E-state index contributed by atoms with van der Waals surface area (Å²) < 4.78 is 2.04. The van der Waals surface area contributed by atoms with Gasteiger partial charge in [0, 0.05) is 53.3 Å². The van der Waals surface area contributed by atoms with E-state index in [0.29, 0.717) is 12.1 Å². The summed E-state index contributed by atoms with van der Waals surface area (Å²) in [7, 11) is 1.65. The van der Waals surface area contributed by atoms with E-state index in [4.69, 9.17) is 5.10 Å². The molecule has 3 aromatic heterocycles. The summed E-state index contributed by atoms with van der Waals surface area (Å²) in [6, 6.07) is 25.8. The van der Waals surface area contributed by atoms with Crippen LogP contribution in [0.4, 0.5) is 0 Å². The van der Waals surface area contributed by atoms with Crippen LogP contribution in [0.15, 0.2) is 101 Å². The predicted molar refractivity (Wildman–Crippen MR) is 145 cm³/mol. The zero-order valence-corrected chi connectivity index (χ0v) is 20.7. The highest BCUT2D eigenvalue weighted by molar-refractivity contribution is 7.99. The molecule has 0 fully saturated rings. The summed E-state index contributed by atoms with van der Waals surface area (Å²) in [5.41, 5.74) is 4.49. The zero-order valence-electron chi connectivity index (χ0n) is 19.8. The quantitative estimate of drug-likeness (QED) is 0.299. The van der Waals surface area contributed by atoms with E-state index >= 15 is 0 Å². The van der Waals surface area contributed by atoms with Crippen molar-refractivity contribution < 1.29 is 4.79 Å². The first-order chi connectivity index (χ1) is 17.7.